The highest BCUT2D eigenvalue weighted by molar-refractivity contribution is 5.65. The Morgan fingerprint density at radius 1 is 0.917 bits per heavy atom. The Labute approximate surface area is 139 Å². The van der Waals surface area contributed by atoms with E-state index >= 15 is 0 Å². The summed E-state index contributed by atoms with van der Waals surface area (Å²) < 4.78 is 1.85. The zero-order valence-corrected chi connectivity index (χ0v) is 13.1. The number of fused-ring (bicyclic) bond motifs is 1. The molecule has 0 atom stereocenters. The van der Waals surface area contributed by atoms with Gasteiger partial charge in [-0.05, 0) is 35.9 Å². The van der Waals surface area contributed by atoms with Crippen molar-refractivity contribution >= 4 is 17.3 Å². The average Bonchev–Trinajstić information content (AvgIpc) is 3.05. The minimum Gasteiger partial charge on any atom is -0.326 e. The predicted octanol–water partition coefficient (Wildman–Crippen LogP) is 3.60. The first-order valence-electron chi connectivity index (χ1n) is 7.81. The molecular weight excluding hydrogens is 298 g/mol. The molecule has 0 fully saturated rings. The standard InChI is InChI=1S/C19H17N5/c20-13-14-6-4-7-15(12-14)17-10-5-11-18-22-19(23-24(17)18)21-16-8-2-1-3-9-16/h1-12H,13,20H2,(H,21,23). The highest BCUT2D eigenvalue weighted by Crippen LogP contribution is 2.22. The van der Waals surface area contributed by atoms with Crippen LogP contribution in [-0.4, -0.2) is 14.6 Å². The molecule has 0 saturated carbocycles. The molecule has 0 saturated heterocycles. The number of aromatic nitrogens is 3. The largest absolute Gasteiger partial charge is 0.326 e. The molecule has 0 amide bonds. The molecule has 2 heterocycles. The first-order valence-corrected chi connectivity index (χ1v) is 7.81. The molecule has 2 aromatic carbocycles. The van der Waals surface area contributed by atoms with Crippen LogP contribution in [0.5, 0.6) is 0 Å². The fourth-order valence-corrected chi connectivity index (χ4v) is 2.68. The van der Waals surface area contributed by atoms with E-state index in [1.54, 1.807) is 0 Å². The average molecular weight is 315 g/mol. The van der Waals surface area contributed by atoms with Gasteiger partial charge in [0.25, 0.3) is 0 Å². The predicted molar refractivity (Wildman–Crippen MR) is 96.0 cm³/mol. The number of rotatable bonds is 4. The lowest BCUT2D eigenvalue weighted by Gasteiger charge is -2.06. The van der Waals surface area contributed by atoms with Crippen LogP contribution in [0.1, 0.15) is 5.56 Å². The van der Waals surface area contributed by atoms with Crippen molar-refractivity contribution in [2.45, 2.75) is 6.54 Å². The van der Waals surface area contributed by atoms with Gasteiger partial charge in [0, 0.05) is 17.8 Å². The number of nitrogens with one attached hydrogen (secondary N) is 1. The number of hydrogen-bond donors (Lipinski definition) is 2. The third-order valence-corrected chi connectivity index (χ3v) is 3.85. The lowest BCUT2D eigenvalue weighted by atomic mass is 10.1. The van der Waals surface area contributed by atoms with E-state index in [1.165, 1.54) is 0 Å². The van der Waals surface area contributed by atoms with Crippen molar-refractivity contribution in [3.63, 3.8) is 0 Å². The number of nitrogens with two attached hydrogens (primary N) is 1. The smallest absolute Gasteiger partial charge is 0.247 e. The fourth-order valence-electron chi connectivity index (χ4n) is 2.68. The van der Waals surface area contributed by atoms with Crippen LogP contribution >= 0.6 is 0 Å². The molecular formula is C19H17N5. The monoisotopic (exact) mass is 315 g/mol. The second kappa shape index (κ2) is 6.14. The lowest BCUT2D eigenvalue weighted by Crippen LogP contribution is -1.98. The van der Waals surface area contributed by atoms with Gasteiger partial charge in [-0.2, -0.15) is 4.98 Å². The minimum absolute atomic E-state index is 0.516. The van der Waals surface area contributed by atoms with Gasteiger partial charge in [0.15, 0.2) is 5.65 Å². The zero-order chi connectivity index (χ0) is 16.4. The highest BCUT2D eigenvalue weighted by atomic mass is 15.4. The first-order chi connectivity index (χ1) is 11.8. The number of pyridine rings is 1. The van der Waals surface area contributed by atoms with Crippen LogP contribution in [0.2, 0.25) is 0 Å². The third-order valence-electron chi connectivity index (χ3n) is 3.85. The van der Waals surface area contributed by atoms with E-state index < -0.39 is 0 Å². The zero-order valence-electron chi connectivity index (χ0n) is 13.1. The molecule has 0 bridgehead atoms. The second-order valence-corrected chi connectivity index (χ2v) is 5.51. The molecule has 3 N–H and O–H groups in total. The van der Waals surface area contributed by atoms with Crippen LogP contribution in [-0.2, 0) is 6.54 Å². The van der Waals surface area contributed by atoms with Gasteiger partial charge in [0.1, 0.15) is 0 Å². The quantitative estimate of drug-likeness (QED) is 0.604. The van der Waals surface area contributed by atoms with E-state index in [1.807, 2.05) is 65.2 Å². The Balaban J connectivity index is 1.77. The summed E-state index contributed by atoms with van der Waals surface area (Å²) in [5, 5.41) is 7.83. The Kier molecular flexibility index (Phi) is 3.69. The Bertz CT molecular complexity index is 975. The van der Waals surface area contributed by atoms with Gasteiger partial charge in [0.2, 0.25) is 5.95 Å². The summed E-state index contributed by atoms with van der Waals surface area (Å²) in [5.74, 6) is 0.573. The lowest BCUT2D eigenvalue weighted by molar-refractivity contribution is 0.972. The van der Waals surface area contributed by atoms with Crippen molar-refractivity contribution in [1.29, 1.82) is 0 Å². The molecule has 24 heavy (non-hydrogen) atoms. The van der Waals surface area contributed by atoms with E-state index in [4.69, 9.17) is 5.73 Å². The van der Waals surface area contributed by atoms with Crippen LogP contribution < -0.4 is 11.1 Å². The van der Waals surface area contributed by atoms with Gasteiger partial charge < -0.3 is 11.1 Å². The number of hydrogen-bond acceptors (Lipinski definition) is 4. The molecule has 5 nitrogen and oxygen atoms in total. The molecule has 0 aliphatic heterocycles. The molecule has 0 spiro atoms. The van der Waals surface area contributed by atoms with Crippen LogP contribution in [0, 0.1) is 0 Å². The molecule has 4 aromatic rings. The van der Waals surface area contributed by atoms with E-state index in [9.17, 15) is 0 Å². The van der Waals surface area contributed by atoms with E-state index in [0.29, 0.717) is 12.5 Å². The molecule has 0 aliphatic carbocycles. The Morgan fingerprint density at radius 2 is 1.75 bits per heavy atom. The molecule has 0 unspecified atom stereocenters. The Morgan fingerprint density at radius 3 is 2.58 bits per heavy atom. The third kappa shape index (κ3) is 2.73. The Hall–Kier alpha value is -3.18. The SMILES string of the molecule is NCc1cccc(-c2cccc3nc(Nc4ccccc4)nn23)c1. The molecule has 0 radical (unpaired) electrons. The maximum Gasteiger partial charge on any atom is 0.247 e. The van der Waals surface area contributed by atoms with Crippen molar-refractivity contribution in [1.82, 2.24) is 14.6 Å². The van der Waals surface area contributed by atoms with Crippen molar-refractivity contribution in [3.8, 4) is 11.3 Å². The van der Waals surface area contributed by atoms with Gasteiger partial charge in [-0.15, -0.1) is 5.10 Å². The number of anilines is 2. The summed E-state index contributed by atoms with van der Waals surface area (Å²) in [6, 6.07) is 24.0. The van der Waals surface area contributed by atoms with Crippen molar-refractivity contribution in [2.75, 3.05) is 5.32 Å². The minimum atomic E-state index is 0.516. The number of nitrogens with zero attached hydrogens (tertiary/aromatic N) is 3. The molecule has 2 aromatic heterocycles. The van der Waals surface area contributed by atoms with Crippen LogP contribution in [0.3, 0.4) is 0 Å². The molecule has 4 rings (SSSR count). The number of benzene rings is 2. The molecule has 118 valence electrons. The maximum atomic E-state index is 5.75. The maximum absolute atomic E-state index is 5.75. The van der Waals surface area contributed by atoms with Gasteiger partial charge in [-0.1, -0.05) is 42.5 Å². The molecule has 5 heteroatoms. The topological polar surface area (TPSA) is 68.2 Å². The van der Waals surface area contributed by atoms with Gasteiger partial charge in [0.05, 0.1) is 5.69 Å². The highest BCUT2D eigenvalue weighted by Gasteiger charge is 2.09. The summed E-state index contributed by atoms with van der Waals surface area (Å²) >= 11 is 0. The normalized spacial score (nSPS) is 10.9. The van der Waals surface area contributed by atoms with Crippen LogP contribution in [0.15, 0.2) is 72.8 Å². The fraction of sp³-hybridized carbons (Fsp3) is 0.0526. The summed E-state index contributed by atoms with van der Waals surface area (Å²) in [6.45, 7) is 0.516. The van der Waals surface area contributed by atoms with E-state index in [-0.39, 0.29) is 0 Å². The van der Waals surface area contributed by atoms with Gasteiger partial charge >= 0.3 is 0 Å². The van der Waals surface area contributed by atoms with Crippen LogP contribution in [0.25, 0.3) is 16.9 Å². The van der Waals surface area contributed by atoms with Crippen molar-refractivity contribution in [3.05, 3.63) is 78.4 Å². The summed E-state index contributed by atoms with van der Waals surface area (Å²) in [6.07, 6.45) is 0. The second-order valence-electron chi connectivity index (χ2n) is 5.51. The van der Waals surface area contributed by atoms with Crippen molar-refractivity contribution < 1.29 is 0 Å². The summed E-state index contributed by atoms with van der Waals surface area (Å²) in [5.41, 5.74) is 10.7. The van der Waals surface area contributed by atoms with E-state index in [0.717, 1.165) is 28.2 Å². The molecule has 0 aliphatic rings. The van der Waals surface area contributed by atoms with Crippen molar-refractivity contribution in [2.24, 2.45) is 5.73 Å². The number of para-hydroxylation sites is 1. The van der Waals surface area contributed by atoms with E-state index in [2.05, 4.69) is 27.5 Å². The summed E-state index contributed by atoms with van der Waals surface area (Å²) in [7, 11) is 0. The summed E-state index contributed by atoms with van der Waals surface area (Å²) in [4.78, 5) is 4.55. The van der Waals surface area contributed by atoms with Gasteiger partial charge in [-0.3, -0.25) is 0 Å². The van der Waals surface area contributed by atoms with Gasteiger partial charge in [-0.25, -0.2) is 4.52 Å². The van der Waals surface area contributed by atoms with Crippen LogP contribution in [0.4, 0.5) is 11.6 Å². The first kappa shape index (κ1) is 14.4.